The maximum absolute atomic E-state index is 5.54. The molecule has 2 rings (SSSR count). The first kappa shape index (κ1) is 9.98. The number of nitrogens with two attached hydrogens (primary N) is 2. The third-order valence-corrected chi connectivity index (χ3v) is 2.79. The molecule has 0 spiro atoms. The van der Waals surface area contributed by atoms with Crippen molar-refractivity contribution < 1.29 is 0 Å². The van der Waals surface area contributed by atoms with E-state index in [9.17, 15) is 0 Å². The van der Waals surface area contributed by atoms with E-state index in [0.717, 1.165) is 19.3 Å². The first-order chi connectivity index (χ1) is 7.29. The standard InChI is InChI=1S/C11H16N4/c12-11(15-13)14-10-6-5-8-3-1-2-4-9(8)7-10/h1-4,10H,5-7,13H2,(H3,12,14,15). The largest absolute Gasteiger partial charge is 0.369 e. The SMILES string of the molecule is NNC(N)=NC1CCc2ccccc2C1. The summed E-state index contributed by atoms with van der Waals surface area (Å²) in [6.45, 7) is 0. The zero-order valence-corrected chi connectivity index (χ0v) is 8.61. The second kappa shape index (κ2) is 4.31. The van der Waals surface area contributed by atoms with Gasteiger partial charge in [-0.05, 0) is 30.4 Å². The van der Waals surface area contributed by atoms with Crippen LogP contribution in [-0.4, -0.2) is 12.0 Å². The van der Waals surface area contributed by atoms with Crippen LogP contribution in [0.5, 0.6) is 0 Å². The molecular weight excluding hydrogens is 188 g/mol. The van der Waals surface area contributed by atoms with E-state index in [1.165, 1.54) is 11.1 Å². The van der Waals surface area contributed by atoms with Crippen molar-refractivity contribution in [3.8, 4) is 0 Å². The molecule has 1 aromatic rings. The number of nitrogens with one attached hydrogen (secondary N) is 1. The Labute approximate surface area is 89.3 Å². The van der Waals surface area contributed by atoms with Crippen LogP contribution >= 0.6 is 0 Å². The summed E-state index contributed by atoms with van der Waals surface area (Å²) in [5.41, 5.74) is 10.7. The van der Waals surface area contributed by atoms with Crippen molar-refractivity contribution >= 4 is 5.96 Å². The van der Waals surface area contributed by atoms with Crippen molar-refractivity contribution in [3.05, 3.63) is 35.4 Å². The summed E-state index contributed by atoms with van der Waals surface area (Å²) in [5, 5.41) is 0. The molecule has 0 aliphatic heterocycles. The maximum atomic E-state index is 5.54. The van der Waals surface area contributed by atoms with Gasteiger partial charge in [0.25, 0.3) is 0 Å². The highest BCUT2D eigenvalue weighted by atomic mass is 15.3. The summed E-state index contributed by atoms with van der Waals surface area (Å²) < 4.78 is 0. The van der Waals surface area contributed by atoms with E-state index < -0.39 is 0 Å². The monoisotopic (exact) mass is 204 g/mol. The van der Waals surface area contributed by atoms with Crippen LogP contribution in [0.2, 0.25) is 0 Å². The highest BCUT2D eigenvalue weighted by Crippen LogP contribution is 2.22. The average Bonchev–Trinajstić information content (AvgIpc) is 2.29. The molecule has 0 amide bonds. The van der Waals surface area contributed by atoms with Gasteiger partial charge in [0.05, 0.1) is 6.04 Å². The summed E-state index contributed by atoms with van der Waals surface area (Å²) in [6, 6.07) is 8.74. The van der Waals surface area contributed by atoms with Crippen molar-refractivity contribution in [2.75, 3.05) is 0 Å². The van der Waals surface area contributed by atoms with Gasteiger partial charge in [-0.1, -0.05) is 24.3 Å². The van der Waals surface area contributed by atoms with Gasteiger partial charge in [0.15, 0.2) is 0 Å². The predicted molar refractivity (Wildman–Crippen MR) is 61.2 cm³/mol. The lowest BCUT2D eigenvalue weighted by atomic mass is 9.89. The molecule has 0 saturated carbocycles. The second-order valence-electron chi connectivity index (χ2n) is 3.82. The quantitative estimate of drug-likeness (QED) is 0.267. The Morgan fingerprint density at radius 1 is 1.33 bits per heavy atom. The second-order valence-corrected chi connectivity index (χ2v) is 3.82. The third-order valence-electron chi connectivity index (χ3n) is 2.79. The van der Waals surface area contributed by atoms with Crippen molar-refractivity contribution in [2.24, 2.45) is 16.6 Å². The molecule has 1 atom stereocenters. The number of aliphatic imine (C=N–C) groups is 1. The van der Waals surface area contributed by atoms with E-state index in [-0.39, 0.29) is 6.04 Å². The lowest BCUT2D eigenvalue weighted by Gasteiger charge is -2.21. The third kappa shape index (κ3) is 2.27. The Morgan fingerprint density at radius 3 is 2.80 bits per heavy atom. The maximum Gasteiger partial charge on any atom is 0.203 e. The minimum atomic E-state index is 0.260. The van der Waals surface area contributed by atoms with Gasteiger partial charge in [-0.15, -0.1) is 0 Å². The van der Waals surface area contributed by atoms with Gasteiger partial charge in [0, 0.05) is 0 Å². The number of nitrogens with zero attached hydrogens (tertiary/aromatic N) is 1. The first-order valence-electron chi connectivity index (χ1n) is 5.16. The van der Waals surface area contributed by atoms with Crippen LogP contribution in [0.1, 0.15) is 17.5 Å². The van der Waals surface area contributed by atoms with Crippen molar-refractivity contribution in [2.45, 2.75) is 25.3 Å². The summed E-state index contributed by atoms with van der Waals surface area (Å²) >= 11 is 0. The highest BCUT2D eigenvalue weighted by Gasteiger charge is 2.17. The molecule has 1 unspecified atom stereocenters. The normalized spacial score (nSPS) is 20.9. The van der Waals surface area contributed by atoms with Gasteiger partial charge in [-0.3, -0.25) is 5.43 Å². The molecule has 4 nitrogen and oxygen atoms in total. The molecule has 0 saturated heterocycles. The van der Waals surface area contributed by atoms with Crippen LogP contribution in [0.25, 0.3) is 0 Å². The zero-order valence-electron chi connectivity index (χ0n) is 8.61. The first-order valence-corrected chi connectivity index (χ1v) is 5.16. The molecule has 0 radical (unpaired) electrons. The van der Waals surface area contributed by atoms with E-state index in [1.807, 2.05) is 0 Å². The lowest BCUT2D eigenvalue weighted by molar-refractivity contribution is 0.575. The van der Waals surface area contributed by atoms with Crippen molar-refractivity contribution in [1.29, 1.82) is 0 Å². The smallest absolute Gasteiger partial charge is 0.203 e. The Balaban J connectivity index is 2.12. The van der Waals surface area contributed by atoms with Crippen molar-refractivity contribution in [1.82, 2.24) is 5.43 Å². The molecule has 1 aliphatic rings. The molecule has 1 aliphatic carbocycles. The van der Waals surface area contributed by atoms with Gasteiger partial charge >= 0.3 is 0 Å². The molecule has 0 bridgehead atoms. The summed E-state index contributed by atoms with van der Waals surface area (Å²) in [4.78, 5) is 4.31. The van der Waals surface area contributed by atoms with E-state index in [4.69, 9.17) is 11.6 Å². The Bertz CT molecular complexity index is 373. The van der Waals surface area contributed by atoms with E-state index >= 15 is 0 Å². The summed E-state index contributed by atoms with van der Waals surface area (Å²) in [7, 11) is 0. The van der Waals surface area contributed by atoms with E-state index in [2.05, 4.69) is 34.7 Å². The average molecular weight is 204 g/mol. The lowest BCUT2D eigenvalue weighted by Crippen LogP contribution is -2.38. The molecule has 5 N–H and O–H groups in total. The van der Waals surface area contributed by atoms with Gasteiger partial charge < -0.3 is 5.73 Å². The number of guanidine groups is 1. The van der Waals surface area contributed by atoms with Gasteiger partial charge in [-0.25, -0.2) is 10.8 Å². The Hall–Kier alpha value is -1.55. The molecule has 4 heteroatoms. The molecule has 0 heterocycles. The number of benzene rings is 1. The minimum Gasteiger partial charge on any atom is -0.369 e. The number of hydrogen-bond acceptors (Lipinski definition) is 2. The minimum absolute atomic E-state index is 0.260. The number of aryl methyl sites for hydroxylation is 1. The fourth-order valence-corrected chi connectivity index (χ4v) is 2.02. The van der Waals surface area contributed by atoms with Crippen LogP contribution in [-0.2, 0) is 12.8 Å². The molecule has 0 fully saturated rings. The molecule has 80 valence electrons. The van der Waals surface area contributed by atoms with Crippen molar-refractivity contribution in [3.63, 3.8) is 0 Å². The number of hydrazine groups is 1. The van der Waals surface area contributed by atoms with Crippen LogP contribution in [0.15, 0.2) is 29.3 Å². The van der Waals surface area contributed by atoms with Gasteiger partial charge in [0.2, 0.25) is 5.96 Å². The van der Waals surface area contributed by atoms with E-state index in [0.29, 0.717) is 5.96 Å². The predicted octanol–water partition coefficient (Wildman–Crippen LogP) is 0.322. The fourth-order valence-electron chi connectivity index (χ4n) is 2.02. The number of fused-ring (bicyclic) bond motifs is 1. The van der Waals surface area contributed by atoms with Crippen LogP contribution in [0.4, 0.5) is 0 Å². The number of rotatable bonds is 1. The van der Waals surface area contributed by atoms with E-state index in [1.54, 1.807) is 0 Å². The molecule has 15 heavy (non-hydrogen) atoms. The van der Waals surface area contributed by atoms with Crippen LogP contribution in [0, 0.1) is 0 Å². The zero-order chi connectivity index (χ0) is 10.7. The number of hydrogen-bond donors (Lipinski definition) is 3. The molecule has 1 aromatic carbocycles. The van der Waals surface area contributed by atoms with Crippen LogP contribution < -0.4 is 17.0 Å². The van der Waals surface area contributed by atoms with Gasteiger partial charge in [-0.2, -0.15) is 0 Å². The topological polar surface area (TPSA) is 76.4 Å². The van der Waals surface area contributed by atoms with Crippen LogP contribution in [0.3, 0.4) is 0 Å². The Kier molecular flexibility index (Phi) is 2.87. The fraction of sp³-hybridized carbons (Fsp3) is 0.364. The molecule has 0 aromatic heterocycles. The summed E-state index contributed by atoms with van der Waals surface area (Å²) in [6.07, 6.45) is 3.07. The van der Waals surface area contributed by atoms with Gasteiger partial charge in [0.1, 0.15) is 0 Å². The Morgan fingerprint density at radius 2 is 2.07 bits per heavy atom. The highest BCUT2D eigenvalue weighted by molar-refractivity contribution is 5.77. The summed E-state index contributed by atoms with van der Waals surface area (Å²) in [5.74, 6) is 5.50. The molecular formula is C11H16N4.